The minimum atomic E-state index is -0.491. The summed E-state index contributed by atoms with van der Waals surface area (Å²) in [7, 11) is 3.62. The summed E-state index contributed by atoms with van der Waals surface area (Å²) >= 11 is 0. The highest BCUT2D eigenvalue weighted by atomic mass is 16.5. The molecule has 0 heterocycles. The quantitative estimate of drug-likeness (QED) is 0.783. The van der Waals surface area contributed by atoms with Crippen LogP contribution in [0, 0.1) is 0 Å². The molecule has 1 aromatic carbocycles. The van der Waals surface area contributed by atoms with E-state index >= 15 is 0 Å². The maximum Gasteiger partial charge on any atom is 0.118 e. The second-order valence-corrected chi connectivity index (χ2v) is 4.97. The van der Waals surface area contributed by atoms with Crippen molar-refractivity contribution < 1.29 is 14.6 Å². The van der Waals surface area contributed by atoms with Crippen molar-refractivity contribution in [2.24, 2.45) is 0 Å². The lowest BCUT2D eigenvalue weighted by molar-refractivity contribution is 0.0519. The number of benzene rings is 1. The van der Waals surface area contributed by atoms with Gasteiger partial charge in [0.15, 0.2) is 0 Å². The molecule has 1 unspecified atom stereocenters. The number of hydrogen-bond donors (Lipinski definition) is 1. The van der Waals surface area contributed by atoms with E-state index in [1.807, 2.05) is 45.2 Å². The van der Waals surface area contributed by atoms with Gasteiger partial charge in [-0.1, -0.05) is 12.1 Å². The fourth-order valence-electron chi connectivity index (χ4n) is 1.76. The number of nitrogens with zero attached hydrogens (tertiary/aromatic N) is 1. The summed E-state index contributed by atoms with van der Waals surface area (Å²) in [5.74, 6) is 0.801. The number of likely N-dealkylation sites (N-methyl/N-ethyl adjacent to an activating group) is 1. The number of aliphatic hydroxyl groups is 1. The molecule has 1 rings (SSSR count). The van der Waals surface area contributed by atoms with Crippen LogP contribution < -0.4 is 4.74 Å². The van der Waals surface area contributed by atoms with Crippen LogP contribution in [0.1, 0.15) is 25.5 Å². The van der Waals surface area contributed by atoms with Gasteiger partial charge in [-0.25, -0.2) is 0 Å². The van der Waals surface area contributed by atoms with E-state index in [2.05, 4.69) is 4.90 Å². The van der Waals surface area contributed by atoms with Crippen molar-refractivity contribution in [1.29, 1.82) is 0 Å². The Hall–Kier alpha value is -1.10. The van der Waals surface area contributed by atoms with Crippen molar-refractivity contribution in [3.05, 3.63) is 29.8 Å². The molecule has 1 aromatic rings. The van der Waals surface area contributed by atoms with E-state index < -0.39 is 6.10 Å². The Morgan fingerprint density at radius 3 is 2.37 bits per heavy atom. The van der Waals surface area contributed by atoms with E-state index in [0.717, 1.165) is 17.9 Å². The molecule has 0 amide bonds. The van der Waals surface area contributed by atoms with Gasteiger partial charge in [0.1, 0.15) is 5.75 Å². The average Bonchev–Trinajstić information content (AvgIpc) is 2.38. The zero-order chi connectivity index (χ0) is 14.3. The first-order chi connectivity index (χ1) is 9.02. The van der Waals surface area contributed by atoms with E-state index in [-0.39, 0.29) is 6.10 Å². The SMILES string of the molecule is COc1ccc(C(O)CN(C)CCOC(C)C)cc1. The number of rotatable bonds is 8. The Bertz CT molecular complexity index is 351. The van der Waals surface area contributed by atoms with Crippen LogP contribution in [-0.4, -0.2) is 50.0 Å². The molecule has 0 aliphatic carbocycles. The Labute approximate surface area is 115 Å². The van der Waals surface area contributed by atoms with Gasteiger partial charge < -0.3 is 19.5 Å². The Kier molecular flexibility index (Phi) is 6.84. The van der Waals surface area contributed by atoms with Gasteiger partial charge >= 0.3 is 0 Å². The highest BCUT2D eigenvalue weighted by Gasteiger charge is 2.10. The van der Waals surface area contributed by atoms with Gasteiger partial charge in [0.2, 0.25) is 0 Å². The van der Waals surface area contributed by atoms with Crippen molar-refractivity contribution in [3.8, 4) is 5.75 Å². The minimum Gasteiger partial charge on any atom is -0.497 e. The smallest absolute Gasteiger partial charge is 0.118 e. The molecule has 0 aliphatic heterocycles. The molecule has 0 aromatic heterocycles. The Balaban J connectivity index is 2.38. The molecule has 0 radical (unpaired) electrons. The molecule has 1 N–H and O–H groups in total. The summed E-state index contributed by atoms with van der Waals surface area (Å²) < 4.78 is 10.6. The highest BCUT2D eigenvalue weighted by molar-refractivity contribution is 5.28. The number of aliphatic hydroxyl groups excluding tert-OH is 1. The fourth-order valence-corrected chi connectivity index (χ4v) is 1.76. The highest BCUT2D eigenvalue weighted by Crippen LogP contribution is 2.18. The Morgan fingerprint density at radius 2 is 1.84 bits per heavy atom. The molecular weight excluding hydrogens is 242 g/mol. The van der Waals surface area contributed by atoms with Gasteiger partial charge in [-0.05, 0) is 38.6 Å². The predicted octanol–water partition coefficient (Wildman–Crippen LogP) is 2.09. The normalized spacial score (nSPS) is 13.0. The van der Waals surface area contributed by atoms with Crippen LogP contribution >= 0.6 is 0 Å². The topological polar surface area (TPSA) is 41.9 Å². The van der Waals surface area contributed by atoms with E-state index in [9.17, 15) is 5.11 Å². The van der Waals surface area contributed by atoms with Crippen molar-refractivity contribution in [2.45, 2.75) is 26.1 Å². The molecule has 0 fully saturated rings. The molecule has 4 heteroatoms. The first-order valence-corrected chi connectivity index (χ1v) is 6.65. The monoisotopic (exact) mass is 267 g/mol. The number of hydrogen-bond acceptors (Lipinski definition) is 4. The van der Waals surface area contributed by atoms with E-state index in [1.165, 1.54) is 0 Å². The van der Waals surface area contributed by atoms with Crippen LogP contribution in [0.15, 0.2) is 24.3 Å². The Morgan fingerprint density at radius 1 is 1.21 bits per heavy atom. The zero-order valence-corrected chi connectivity index (χ0v) is 12.3. The van der Waals surface area contributed by atoms with Crippen molar-refractivity contribution in [2.75, 3.05) is 33.9 Å². The van der Waals surface area contributed by atoms with Crippen molar-refractivity contribution in [3.63, 3.8) is 0 Å². The second kappa shape index (κ2) is 8.15. The largest absolute Gasteiger partial charge is 0.497 e. The van der Waals surface area contributed by atoms with Crippen LogP contribution in [0.5, 0.6) is 5.75 Å². The van der Waals surface area contributed by atoms with Gasteiger partial charge in [0.05, 0.1) is 25.9 Å². The van der Waals surface area contributed by atoms with Crippen LogP contribution in [0.25, 0.3) is 0 Å². The first-order valence-electron chi connectivity index (χ1n) is 6.65. The molecule has 4 nitrogen and oxygen atoms in total. The van der Waals surface area contributed by atoms with Gasteiger partial charge in [-0.3, -0.25) is 0 Å². The van der Waals surface area contributed by atoms with Crippen LogP contribution in [0.4, 0.5) is 0 Å². The maximum absolute atomic E-state index is 10.1. The lowest BCUT2D eigenvalue weighted by atomic mass is 10.1. The van der Waals surface area contributed by atoms with Gasteiger partial charge in [-0.2, -0.15) is 0 Å². The van der Waals surface area contributed by atoms with Crippen LogP contribution in [0.3, 0.4) is 0 Å². The first kappa shape index (κ1) is 16.0. The number of ether oxygens (including phenoxy) is 2. The molecule has 0 saturated heterocycles. The summed E-state index contributed by atoms with van der Waals surface area (Å²) in [5.41, 5.74) is 0.900. The lowest BCUT2D eigenvalue weighted by Crippen LogP contribution is -2.28. The van der Waals surface area contributed by atoms with Crippen molar-refractivity contribution in [1.82, 2.24) is 4.90 Å². The fraction of sp³-hybridized carbons (Fsp3) is 0.600. The summed E-state index contributed by atoms with van der Waals surface area (Å²) in [6.07, 6.45) is -0.241. The van der Waals surface area contributed by atoms with E-state index in [4.69, 9.17) is 9.47 Å². The molecule has 108 valence electrons. The molecule has 0 saturated carbocycles. The van der Waals surface area contributed by atoms with Gasteiger partial charge in [0.25, 0.3) is 0 Å². The number of methoxy groups -OCH3 is 1. The molecule has 19 heavy (non-hydrogen) atoms. The maximum atomic E-state index is 10.1. The third-order valence-electron chi connectivity index (χ3n) is 2.91. The van der Waals surface area contributed by atoms with Gasteiger partial charge in [-0.15, -0.1) is 0 Å². The summed E-state index contributed by atoms with van der Waals surface area (Å²) in [5, 5.41) is 10.1. The molecule has 1 atom stereocenters. The summed E-state index contributed by atoms with van der Waals surface area (Å²) in [4.78, 5) is 2.07. The molecule has 0 bridgehead atoms. The third kappa shape index (κ3) is 6.05. The van der Waals surface area contributed by atoms with E-state index in [0.29, 0.717) is 13.2 Å². The van der Waals surface area contributed by atoms with Crippen LogP contribution in [-0.2, 0) is 4.74 Å². The third-order valence-corrected chi connectivity index (χ3v) is 2.91. The predicted molar refractivity (Wildman–Crippen MR) is 76.5 cm³/mol. The summed E-state index contributed by atoms with van der Waals surface area (Å²) in [6, 6.07) is 7.50. The van der Waals surface area contributed by atoms with E-state index in [1.54, 1.807) is 7.11 Å². The standard InChI is InChI=1S/C15H25NO3/c1-12(2)19-10-9-16(3)11-15(17)13-5-7-14(18-4)8-6-13/h5-8,12,15,17H,9-11H2,1-4H3. The zero-order valence-electron chi connectivity index (χ0n) is 12.3. The second-order valence-electron chi connectivity index (χ2n) is 4.97. The van der Waals surface area contributed by atoms with Gasteiger partial charge in [0, 0.05) is 13.1 Å². The minimum absolute atomic E-state index is 0.250. The van der Waals surface area contributed by atoms with Crippen LogP contribution in [0.2, 0.25) is 0 Å². The summed E-state index contributed by atoms with van der Waals surface area (Å²) in [6.45, 7) is 6.13. The molecular formula is C15H25NO3. The van der Waals surface area contributed by atoms with Crippen molar-refractivity contribution >= 4 is 0 Å². The lowest BCUT2D eigenvalue weighted by Gasteiger charge is -2.21. The molecule has 0 spiro atoms. The average molecular weight is 267 g/mol. The molecule has 0 aliphatic rings.